The van der Waals surface area contributed by atoms with E-state index < -0.39 is 4.92 Å². The number of nitrogens with zero attached hydrogens (tertiary/aromatic N) is 3. The van der Waals surface area contributed by atoms with E-state index in [-0.39, 0.29) is 18.1 Å². The van der Waals surface area contributed by atoms with Crippen LogP contribution < -0.4 is 0 Å². The summed E-state index contributed by atoms with van der Waals surface area (Å²) in [7, 11) is 0. The number of hydrogen-bond acceptors (Lipinski definition) is 5. The number of ketones is 1. The highest BCUT2D eigenvalue weighted by molar-refractivity contribution is 7.98. The first kappa shape index (κ1) is 13.3. The van der Waals surface area contributed by atoms with Crippen molar-refractivity contribution in [3.63, 3.8) is 0 Å². The van der Waals surface area contributed by atoms with Gasteiger partial charge in [0.05, 0.1) is 6.54 Å². The number of nitro groups is 1. The van der Waals surface area contributed by atoms with E-state index in [9.17, 15) is 14.9 Å². The molecule has 0 amide bonds. The Morgan fingerprint density at radius 3 is 2.63 bits per heavy atom. The third-order valence-electron chi connectivity index (χ3n) is 2.54. The second kappa shape index (κ2) is 5.66. The molecule has 0 fully saturated rings. The lowest BCUT2D eigenvalue weighted by molar-refractivity contribution is -0.389. The number of aromatic nitrogens is 2. The molecule has 2 aromatic rings. The van der Waals surface area contributed by atoms with Crippen LogP contribution in [0.2, 0.25) is 0 Å². The van der Waals surface area contributed by atoms with Gasteiger partial charge < -0.3 is 14.7 Å². The van der Waals surface area contributed by atoms with Gasteiger partial charge in [0.25, 0.3) is 0 Å². The van der Waals surface area contributed by atoms with Gasteiger partial charge in [-0.1, -0.05) is 12.1 Å². The average Bonchev–Trinajstić information content (AvgIpc) is 2.87. The van der Waals surface area contributed by atoms with E-state index >= 15 is 0 Å². The topological polar surface area (TPSA) is 78.0 Å². The number of benzene rings is 1. The molecule has 0 unspecified atom stereocenters. The summed E-state index contributed by atoms with van der Waals surface area (Å²) in [6.45, 7) is 0.0411. The molecular formula is C12H11N3O3S. The van der Waals surface area contributed by atoms with Crippen LogP contribution in [0.1, 0.15) is 10.4 Å². The Bertz CT molecular complexity index is 607. The minimum atomic E-state index is -0.589. The van der Waals surface area contributed by atoms with Crippen molar-refractivity contribution in [1.29, 1.82) is 0 Å². The SMILES string of the molecule is CSc1ccc(C(=O)Cn2cnc([N+](=O)[O-])c2)cc1. The molecule has 19 heavy (non-hydrogen) atoms. The molecule has 0 atom stereocenters. The van der Waals surface area contributed by atoms with Crippen molar-refractivity contribution < 1.29 is 9.72 Å². The summed E-state index contributed by atoms with van der Waals surface area (Å²) in [6, 6.07) is 7.24. The first-order valence-electron chi connectivity index (χ1n) is 5.43. The predicted octanol–water partition coefficient (Wildman–Crippen LogP) is 2.40. The van der Waals surface area contributed by atoms with Crippen LogP contribution in [0, 0.1) is 10.1 Å². The first-order valence-corrected chi connectivity index (χ1v) is 6.66. The molecular weight excluding hydrogens is 266 g/mol. The van der Waals surface area contributed by atoms with Gasteiger partial charge in [0.1, 0.15) is 6.20 Å². The molecule has 1 aromatic heterocycles. The van der Waals surface area contributed by atoms with Crippen LogP contribution >= 0.6 is 11.8 Å². The van der Waals surface area contributed by atoms with Crippen LogP contribution in [0.25, 0.3) is 0 Å². The summed E-state index contributed by atoms with van der Waals surface area (Å²) in [5.74, 6) is -0.370. The number of rotatable bonds is 5. The van der Waals surface area contributed by atoms with Gasteiger partial charge in [0.2, 0.25) is 6.33 Å². The fourth-order valence-electron chi connectivity index (χ4n) is 1.56. The highest BCUT2D eigenvalue weighted by Gasteiger charge is 2.13. The molecule has 6 nitrogen and oxygen atoms in total. The molecule has 0 N–H and O–H groups in total. The van der Waals surface area contributed by atoms with E-state index in [1.807, 2.05) is 18.4 Å². The van der Waals surface area contributed by atoms with E-state index in [2.05, 4.69) is 4.98 Å². The smallest absolute Gasteiger partial charge is 0.358 e. The van der Waals surface area contributed by atoms with E-state index in [0.29, 0.717) is 5.56 Å². The zero-order chi connectivity index (χ0) is 13.8. The Hall–Kier alpha value is -2.15. The van der Waals surface area contributed by atoms with Crippen LogP contribution in [0.5, 0.6) is 0 Å². The van der Waals surface area contributed by atoms with Crippen molar-refractivity contribution in [1.82, 2.24) is 9.55 Å². The highest BCUT2D eigenvalue weighted by Crippen LogP contribution is 2.15. The first-order chi connectivity index (χ1) is 9.10. The number of Topliss-reactive ketones (excluding diaryl/α,β-unsaturated/α-hetero) is 1. The summed E-state index contributed by atoms with van der Waals surface area (Å²) >= 11 is 1.60. The van der Waals surface area contributed by atoms with Crippen molar-refractivity contribution in [2.75, 3.05) is 6.26 Å². The van der Waals surface area contributed by atoms with E-state index in [1.165, 1.54) is 17.1 Å². The molecule has 0 spiro atoms. The second-order valence-electron chi connectivity index (χ2n) is 3.81. The lowest BCUT2D eigenvalue weighted by atomic mass is 10.1. The summed E-state index contributed by atoms with van der Waals surface area (Å²) < 4.78 is 1.41. The van der Waals surface area contributed by atoms with Gasteiger partial charge in [0, 0.05) is 10.5 Å². The van der Waals surface area contributed by atoms with Crippen molar-refractivity contribution >= 4 is 23.4 Å². The van der Waals surface area contributed by atoms with Crippen molar-refractivity contribution in [2.24, 2.45) is 0 Å². The monoisotopic (exact) mass is 277 g/mol. The molecule has 0 bridgehead atoms. The molecule has 98 valence electrons. The molecule has 0 saturated carbocycles. The number of hydrogen-bond donors (Lipinski definition) is 0. The van der Waals surface area contributed by atoms with Gasteiger partial charge in [-0.15, -0.1) is 11.8 Å². The Morgan fingerprint density at radius 1 is 1.42 bits per heavy atom. The van der Waals surface area contributed by atoms with Crippen molar-refractivity contribution in [3.05, 3.63) is 52.5 Å². The number of carbonyl (C=O) groups is 1. The quantitative estimate of drug-likeness (QED) is 0.363. The standard InChI is InChI=1S/C12H11N3O3S/c1-19-10-4-2-9(3-5-10)11(16)6-14-7-12(13-8-14)15(17)18/h2-5,7-8H,6H2,1H3. The van der Waals surface area contributed by atoms with E-state index in [0.717, 1.165) is 4.90 Å². The Labute approximate surface area is 113 Å². The highest BCUT2D eigenvalue weighted by atomic mass is 32.2. The molecule has 0 aliphatic heterocycles. The molecule has 2 rings (SSSR count). The van der Waals surface area contributed by atoms with E-state index in [4.69, 9.17) is 0 Å². The van der Waals surface area contributed by atoms with Gasteiger partial charge in [0.15, 0.2) is 5.78 Å². The average molecular weight is 277 g/mol. The minimum Gasteiger partial charge on any atom is -0.358 e. The van der Waals surface area contributed by atoms with Gasteiger partial charge in [-0.25, -0.2) is 0 Å². The van der Waals surface area contributed by atoms with Crippen LogP contribution in [-0.2, 0) is 6.54 Å². The van der Waals surface area contributed by atoms with Gasteiger partial charge in [-0.2, -0.15) is 0 Å². The Kier molecular flexibility index (Phi) is 3.96. The third-order valence-corrected chi connectivity index (χ3v) is 3.29. The zero-order valence-electron chi connectivity index (χ0n) is 10.1. The van der Waals surface area contributed by atoms with Gasteiger partial charge in [-0.05, 0) is 28.3 Å². The Balaban J connectivity index is 2.08. The lowest BCUT2D eigenvalue weighted by Crippen LogP contribution is -2.08. The lowest BCUT2D eigenvalue weighted by Gasteiger charge is -2.02. The number of imidazole rings is 1. The molecule has 1 heterocycles. The molecule has 0 radical (unpaired) electrons. The van der Waals surface area contributed by atoms with Crippen LogP contribution in [-0.4, -0.2) is 26.5 Å². The Morgan fingerprint density at radius 2 is 2.11 bits per heavy atom. The maximum atomic E-state index is 12.0. The third kappa shape index (κ3) is 3.19. The van der Waals surface area contributed by atoms with Gasteiger partial charge >= 0.3 is 5.82 Å². The fraction of sp³-hybridized carbons (Fsp3) is 0.167. The molecule has 0 aliphatic rings. The maximum absolute atomic E-state index is 12.0. The summed E-state index contributed by atoms with van der Waals surface area (Å²) in [5, 5.41) is 10.5. The van der Waals surface area contributed by atoms with Crippen molar-refractivity contribution in [2.45, 2.75) is 11.4 Å². The normalized spacial score (nSPS) is 10.4. The zero-order valence-corrected chi connectivity index (χ0v) is 11.0. The summed E-state index contributed by atoms with van der Waals surface area (Å²) in [5.41, 5.74) is 0.578. The predicted molar refractivity (Wildman–Crippen MR) is 71.4 cm³/mol. The summed E-state index contributed by atoms with van der Waals surface area (Å²) in [6.07, 6.45) is 4.49. The van der Waals surface area contributed by atoms with Crippen LogP contribution in [0.15, 0.2) is 41.7 Å². The van der Waals surface area contributed by atoms with Gasteiger partial charge in [-0.3, -0.25) is 4.79 Å². The molecule has 0 aliphatic carbocycles. The summed E-state index contributed by atoms with van der Waals surface area (Å²) in [4.78, 5) is 26.5. The maximum Gasteiger partial charge on any atom is 0.381 e. The largest absolute Gasteiger partial charge is 0.381 e. The minimum absolute atomic E-state index is 0.0411. The molecule has 0 saturated heterocycles. The molecule has 1 aromatic carbocycles. The van der Waals surface area contributed by atoms with Crippen molar-refractivity contribution in [3.8, 4) is 0 Å². The number of thioether (sulfide) groups is 1. The van der Waals surface area contributed by atoms with Crippen LogP contribution in [0.4, 0.5) is 5.82 Å². The fourth-order valence-corrected chi connectivity index (χ4v) is 1.97. The van der Waals surface area contributed by atoms with Crippen LogP contribution in [0.3, 0.4) is 0 Å². The number of carbonyl (C=O) groups excluding carboxylic acids is 1. The second-order valence-corrected chi connectivity index (χ2v) is 4.69. The molecule has 7 heteroatoms. The van der Waals surface area contributed by atoms with E-state index in [1.54, 1.807) is 23.9 Å².